The molecule has 0 fully saturated rings. The molecule has 4 rings (SSSR count). The maximum absolute atomic E-state index is 12.8. The highest BCUT2D eigenvalue weighted by Gasteiger charge is 2.15. The van der Waals surface area contributed by atoms with Crippen molar-refractivity contribution >= 4 is 28.5 Å². The van der Waals surface area contributed by atoms with Gasteiger partial charge in [0, 0.05) is 11.6 Å². The van der Waals surface area contributed by atoms with Crippen LogP contribution < -0.4 is 24.3 Å². The summed E-state index contributed by atoms with van der Waals surface area (Å²) in [4.78, 5) is 12.8. The van der Waals surface area contributed by atoms with Crippen LogP contribution in [0.15, 0.2) is 72.3 Å². The lowest BCUT2D eigenvalue weighted by molar-refractivity contribution is -0.112. The van der Waals surface area contributed by atoms with Crippen LogP contribution in [0.2, 0.25) is 0 Å². The molecule has 1 amide bonds. The standard InChI is InChI=1S/C30H28N4O5S/c1-4-37-27-17-21(10-13-26(27)39-15-14-38-25-7-5-6-24(18-25)36-3)16-23(19-31)28(35)32-30-34-33-29(40-30)22-11-8-20(2)9-12-22/h5-13,16-18H,4,14-15H2,1-3H3,(H,32,34,35)/b23-16-. The van der Waals surface area contributed by atoms with Crippen molar-refractivity contribution in [2.45, 2.75) is 13.8 Å². The van der Waals surface area contributed by atoms with Crippen molar-refractivity contribution in [3.63, 3.8) is 0 Å². The third-order valence-corrected chi connectivity index (χ3v) is 6.43. The Balaban J connectivity index is 1.39. The fraction of sp³-hybridized carbons (Fsp3) is 0.200. The first kappa shape index (κ1) is 28.1. The van der Waals surface area contributed by atoms with Crippen molar-refractivity contribution in [2.75, 3.05) is 32.2 Å². The van der Waals surface area contributed by atoms with E-state index in [0.717, 1.165) is 11.1 Å². The van der Waals surface area contributed by atoms with Gasteiger partial charge in [-0.1, -0.05) is 53.3 Å². The van der Waals surface area contributed by atoms with E-state index >= 15 is 0 Å². The van der Waals surface area contributed by atoms with Crippen LogP contribution in [-0.2, 0) is 4.79 Å². The molecule has 0 saturated heterocycles. The lowest BCUT2D eigenvalue weighted by Crippen LogP contribution is -2.13. The van der Waals surface area contributed by atoms with Gasteiger partial charge in [-0.25, -0.2) is 0 Å². The molecule has 0 radical (unpaired) electrons. The molecule has 1 N–H and O–H groups in total. The SMILES string of the molecule is CCOc1cc(/C=C(/C#N)C(=O)Nc2nnc(-c3ccc(C)cc3)s2)ccc1OCCOc1cccc(OC)c1. The van der Waals surface area contributed by atoms with Crippen molar-refractivity contribution in [3.8, 4) is 39.6 Å². The molecule has 3 aromatic carbocycles. The van der Waals surface area contributed by atoms with Gasteiger partial charge in [0.2, 0.25) is 5.13 Å². The first-order chi connectivity index (χ1) is 19.5. The number of aromatic nitrogens is 2. The Bertz CT molecular complexity index is 1530. The number of methoxy groups -OCH3 is 1. The Morgan fingerprint density at radius 3 is 2.50 bits per heavy atom. The summed E-state index contributed by atoms with van der Waals surface area (Å²) in [5.74, 6) is 1.81. The van der Waals surface area contributed by atoms with E-state index in [1.54, 1.807) is 31.4 Å². The third-order valence-electron chi connectivity index (χ3n) is 5.54. The van der Waals surface area contributed by atoms with Crippen LogP contribution in [0.5, 0.6) is 23.0 Å². The molecule has 10 heteroatoms. The number of anilines is 1. The summed E-state index contributed by atoms with van der Waals surface area (Å²) in [5.41, 5.74) is 2.55. The summed E-state index contributed by atoms with van der Waals surface area (Å²) in [6, 6.07) is 22.3. The Kier molecular flexibility index (Phi) is 9.69. The van der Waals surface area contributed by atoms with Crippen molar-refractivity contribution in [1.29, 1.82) is 5.26 Å². The number of benzene rings is 3. The maximum atomic E-state index is 12.8. The van der Waals surface area contributed by atoms with Gasteiger partial charge >= 0.3 is 0 Å². The van der Waals surface area contributed by atoms with Crippen LogP contribution in [0.25, 0.3) is 16.6 Å². The van der Waals surface area contributed by atoms with Crippen LogP contribution in [0.3, 0.4) is 0 Å². The minimum absolute atomic E-state index is 0.0881. The van der Waals surface area contributed by atoms with E-state index in [2.05, 4.69) is 15.5 Å². The maximum Gasteiger partial charge on any atom is 0.268 e. The van der Waals surface area contributed by atoms with E-state index in [0.29, 0.717) is 51.9 Å². The van der Waals surface area contributed by atoms with Gasteiger partial charge in [0.25, 0.3) is 5.91 Å². The highest BCUT2D eigenvalue weighted by atomic mass is 32.1. The van der Waals surface area contributed by atoms with Gasteiger partial charge in [-0.3, -0.25) is 10.1 Å². The number of amides is 1. The summed E-state index contributed by atoms with van der Waals surface area (Å²) in [6.07, 6.45) is 1.48. The van der Waals surface area contributed by atoms with Crippen LogP contribution >= 0.6 is 11.3 Å². The molecular weight excluding hydrogens is 528 g/mol. The summed E-state index contributed by atoms with van der Waals surface area (Å²) >= 11 is 1.23. The Hall–Kier alpha value is -4.88. The van der Waals surface area contributed by atoms with Crippen LogP contribution in [-0.4, -0.2) is 43.0 Å². The van der Waals surface area contributed by atoms with E-state index in [1.165, 1.54) is 17.4 Å². The Morgan fingerprint density at radius 1 is 0.975 bits per heavy atom. The number of rotatable bonds is 12. The first-order valence-corrected chi connectivity index (χ1v) is 13.3. The van der Waals surface area contributed by atoms with Crippen LogP contribution in [0.1, 0.15) is 18.1 Å². The quantitative estimate of drug-likeness (QED) is 0.130. The number of hydrogen-bond donors (Lipinski definition) is 1. The molecule has 9 nitrogen and oxygen atoms in total. The molecular formula is C30H28N4O5S. The number of ether oxygens (including phenoxy) is 4. The summed E-state index contributed by atoms with van der Waals surface area (Å²) in [7, 11) is 1.60. The van der Waals surface area contributed by atoms with Crippen molar-refractivity contribution in [3.05, 3.63) is 83.4 Å². The molecule has 1 heterocycles. The monoisotopic (exact) mass is 556 g/mol. The smallest absolute Gasteiger partial charge is 0.268 e. The van der Waals surface area contributed by atoms with Gasteiger partial charge in [0.15, 0.2) is 11.5 Å². The lowest BCUT2D eigenvalue weighted by Gasteiger charge is -2.13. The highest BCUT2D eigenvalue weighted by molar-refractivity contribution is 7.18. The predicted molar refractivity (Wildman–Crippen MR) is 154 cm³/mol. The summed E-state index contributed by atoms with van der Waals surface area (Å²) < 4.78 is 22.5. The second kappa shape index (κ2) is 13.8. The van der Waals surface area contributed by atoms with E-state index in [1.807, 2.05) is 62.4 Å². The molecule has 0 unspecified atom stereocenters. The van der Waals surface area contributed by atoms with E-state index in [4.69, 9.17) is 18.9 Å². The minimum atomic E-state index is -0.581. The number of carbonyl (C=O) groups excluding carboxylic acids is 1. The summed E-state index contributed by atoms with van der Waals surface area (Å²) in [6.45, 7) is 4.87. The van der Waals surface area contributed by atoms with Gasteiger partial charge in [0.05, 0.1) is 13.7 Å². The van der Waals surface area contributed by atoms with Crippen molar-refractivity contribution < 1.29 is 23.7 Å². The van der Waals surface area contributed by atoms with E-state index < -0.39 is 5.91 Å². The number of aryl methyl sites for hydroxylation is 1. The highest BCUT2D eigenvalue weighted by Crippen LogP contribution is 2.30. The largest absolute Gasteiger partial charge is 0.497 e. The average molecular weight is 557 g/mol. The molecule has 0 bridgehead atoms. The molecule has 0 saturated carbocycles. The Morgan fingerprint density at radius 2 is 1.75 bits per heavy atom. The predicted octanol–water partition coefficient (Wildman–Crippen LogP) is 5.92. The molecule has 0 aliphatic carbocycles. The second-order valence-electron chi connectivity index (χ2n) is 8.42. The lowest BCUT2D eigenvalue weighted by atomic mass is 10.1. The minimum Gasteiger partial charge on any atom is -0.497 e. The number of nitrogens with one attached hydrogen (secondary N) is 1. The number of nitriles is 1. The van der Waals surface area contributed by atoms with Gasteiger partial charge in [-0.05, 0) is 49.8 Å². The third kappa shape index (κ3) is 7.58. The second-order valence-corrected chi connectivity index (χ2v) is 9.39. The van der Waals surface area contributed by atoms with E-state index in [-0.39, 0.29) is 12.2 Å². The molecule has 4 aromatic rings. The van der Waals surface area contributed by atoms with E-state index in [9.17, 15) is 10.1 Å². The molecule has 40 heavy (non-hydrogen) atoms. The average Bonchev–Trinajstić information content (AvgIpc) is 3.43. The van der Waals surface area contributed by atoms with Gasteiger partial charge in [-0.2, -0.15) is 5.26 Å². The molecule has 0 spiro atoms. The zero-order valence-electron chi connectivity index (χ0n) is 22.3. The zero-order chi connectivity index (χ0) is 28.3. The van der Waals surface area contributed by atoms with Crippen molar-refractivity contribution in [2.24, 2.45) is 0 Å². The van der Waals surface area contributed by atoms with Gasteiger partial charge in [0.1, 0.15) is 41.4 Å². The van der Waals surface area contributed by atoms with Gasteiger partial charge < -0.3 is 18.9 Å². The molecule has 0 aliphatic heterocycles. The molecule has 1 aromatic heterocycles. The fourth-order valence-electron chi connectivity index (χ4n) is 3.57. The zero-order valence-corrected chi connectivity index (χ0v) is 23.2. The first-order valence-electron chi connectivity index (χ1n) is 12.5. The van der Waals surface area contributed by atoms with Crippen LogP contribution in [0.4, 0.5) is 5.13 Å². The molecule has 204 valence electrons. The van der Waals surface area contributed by atoms with Gasteiger partial charge in [-0.15, -0.1) is 10.2 Å². The number of hydrogen-bond acceptors (Lipinski definition) is 9. The normalized spacial score (nSPS) is 10.9. The number of nitrogens with zero attached hydrogens (tertiary/aromatic N) is 3. The summed E-state index contributed by atoms with van der Waals surface area (Å²) in [5, 5.41) is 21.5. The number of carbonyl (C=O) groups is 1. The molecule has 0 aliphatic rings. The van der Waals surface area contributed by atoms with Crippen molar-refractivity contribution in [1.82, 2.24) is 10.2 Å². The molecule has 0 atom stereocenters. The topological polar surface area (TPSA) is 116 Å². The Labute approximate surface area is 236 Å². The fourth-order valence-corrected chi connectivity index (χ4v) is 4.31. The van der Waals surface area contributed by atoms with Crippen LogP contribution in [0, 0.1) is 18.3 Å².